The van der Waals surface area contributed by atoms with Crippen LogP contribution in [0.25, 0.3) is 0 Å². The number of thioether (sulfide) groups is 1. The van der Waals surface area contributed by atoms with E-state index < -0.39 is 5.25 Å². The lowest BCUT2D eigenvalue weighted by atomic mass is 9.98. The van der Waals surface area contributed by atoms with Crippen LogP contribution in [0, 0.1) is 5.92 Å². The molecular formula is C18H21ClN2O4S. The van der Waals surface area contributed by atoms with Gasteiger partial charge in [0, 0.05) is 29.4 Å². The SMILES string of the molecule is CCOC(=O)[C@H]1CCCN(C(=O)C[C@H]2Sc3ccc(Cl)cc3NC2=O)C1. The molecule has 3 rings (SSSR count). The number of hydrogen-bond donors (Lipinski definition) is 1. The Bertz CT molecular complexity index is 727. The smallest absolute Gasteiger partial charge is 0.310 e. The van der Waals surface area contributed by atoms with E-state index in [2.05, 4.69) is 5.32 Å². The standard InChI is InChI=1S/C18H21ClN2O4S/c1-2-25-18(24)11-4-3-7-21(10-11)16(22)9-15-17(23)20-13-8-12(19)5-6-14(13)26-15/h5-6,8,11,15H,2-4,7,9-10H2,1H3,(H,20,23)/t11-,15+/m0/s1. The van der Waals surface area contributed by atoms with Crippen LogP contribution in [0.15, 0.2) is 23.1 Å². The number of rotatable bonds is 4. The molecule has 1 aromatic carbocycles. The number of nitrogens with one attached hydrogen (secondary N) is 1. The molecule has 2 aliphatic rings. The van der Waals surface area contributed by atoms with E-state index in [-0.39, 0.29) is 30.1 Å². The molecule has 1 N–H and O–H groups in total. The third kappa shape index (κ3) is 4.32. The second-order valence-corrected chi connectivity index (χ2v) is 8.05. The fourth-order valence-electron chi connectivity index (χ4n) is 3.20. The summed E-state index contributed by atoms with van der Waals surface area (Å²) in [6, 6.07) is 5.31. The van der Waals surface area contributed by atoms with Crippen LogP contribution in [0.3, 0.4) is 0 Å². The molecule has 0 aromatic heterocycles. The monoisotopic (exact) mass is 396 g/mol. The van der Waals surface area contributed by atoms with Crippen molar-refractivity contribution in [2.24, 2.45) is 5.92 Å². The van der Waals surface area contributed by atoms with Gasteiger partial charge in [-0.2, -0.15) is 0 Å². The fraction of sp³-hybridized carbons (Fsp3) is 0.500. The van der Waals surface area contributed by atoms with Crippen molar-refractivity contribution in [1.82, 2.24) is 4.90 Å². The molecule has 2 heterocycles. The predicted octanol–water partition coefficient (Wildman–Crippen LogP) is 2.94. The summed E-state index contributed by atoms with van der Waals surface area (Å²) in [5.74, 6) is -0.829. The predicted molar refractivity (Wildman–Crippen MR) is 100 cm³/mol. The summed E-state index contributed by atoms with van der Waals surface area (Å²) in [5.41, 5.74) is 0.677. The van der Waals surface area contributed by atoms with Crippen molar-refractivity contribution in [2.45, 2.75) is 36.3 Å². The van der Waals surface area contributed by atoms with Gasteiger partial charge in [0.15, 0.2) is 0 Å². The van der Waals surface area contributed by atoms with Gasteiger partial charge in [0.1, 0.15) is 0 Å². The number of fused-ring (bicyclic) bond motifs is 1. The van der Waals surface area contributed by atoms with Crippen molar-refractivity contribution >= 4 is 46.8 Å². The minimum Gasteiger partial charge on any atom is -0.466 e. The average Bonchev–Trinajstić information content (AvgIpc) is 2.63. The zero-order valence-corrected chi connectivity index (χ0v) is 16.1. The van der Waals surface area contributed by atoms with Gasteiger partial charge < -0.3 is 15.0 Å². The highest BCUT2D eigenvalue weighted by molar-refractivity contribution is 8.01. The number of halogens is 1. The largest absolute Gasteiger partial charge is 0.466 e. The van der Waals surface area contributed by atoms with Gasteiger partial charge in [-0.15, -0.1) is 11.8 Å². The van der Waals surface area contributed by atoms with Crippen molar-refractivity contribution in [2.75, 3.05) is 25.0 Å². The van der Waals surface area contributed by atoms with Crippen LogP contribution >= 0.6 is 23.4 Å². The average molecular weight is 397 g/mol. The van der Waals surface area contributed by atoms with Gasteiger partial charge in [-0.25, -0.2) is 0 Å². The topological polar surface area (TPSA) is 75.7 Å². The number of benzene rings is 1. The number of likely N-dealkylation sites (tertiary alicyclic amines) is 1. The van der Waals surface area contributed by atoms with Crippen LogP contribution in [0.1, 0.15) is 26.2 Å². The van der Waals surface area contributed by atoms with Gasteiger partial charge in [-0.05, 0) is 38.0 Å². The zero-order valence-electron chi connectivity index (χ0n) is 14.5. The third-order valence-electron chi connectivity index (χ3n) is 4.52. The highest BCUT2D eigenvalue weighted by atomic mass is 35.5. The zero-order chi connectivity index (χ0) is 18.7. The molecular weight excluding hydrogens is 376 g/mol. The molecule has 26 heavy (non-hydrogen) atoms. The maximum Gasteiger partial charge on any atom is 0.310 e. The molecule has 2 aliphatic heterocycles. The molecule has 0 aliphatic carbocycles. The van der Waals surface area contributed by atoms with Gasteiger partial charge in [0.05, 0.1) is 23.5 Å². The molecule has 1 fully saturated rings. The Balaban J connectivity index is 1.61. The van der Waals surface area contributed by atoms with E-state index in [0.29, 0.717) is 30.4 Å². The van der Waals surface area contributed by atoms with Gasteiger partial charge in [-0.1, -0.05) is 11.6 Å². The van der Waals surface area contributed by atoms with Gasteiger partial charge >= 0.3 is 5.97 Å². The number of nitrogens with zero attached hydrogens (tertiary/aromatic N) is 1. The summed E-state index contributed by atoms with van der Waals surface area (Å²) >= 11 is 7.32. The number of hydrogen-bond acceptors (Lipinski definition) is 5. The molecule has 2 atom stereocenters. The van der Waals surface area contributed by atoms with Crippen LogP contribution in [0.2, 0.25) is 5.02 Å². The Hall–Kier alpha value is -1.73. The lowest BCUT2D eigenvalue weighted by Gasteiger charge is -2.33. The minimum absolute atomic E-state index is 0.105. The number of amides is 2. The Morgan fingerprint density at radius 2 is 2.23 bits per heavy atom. The first kappa shape index (κ1) is 19.0. The summed E-state index contributed by atoms with van der Waals surface area (Å²) < 4.78 is 5.07. The van der Waals surface area contributed by atoms with E-state index >= 15 is 0 Å². The van der Waals surface area contributed by atoms with E-state index in [1.165, 1.54) is 11.8 Å². The molecule has 2 amide bonds. The Labute approximate surface area is 161 Å². The summed E-state index contributed by atoms with van der Waals surface area (Å²) in [6.07, 6.45) is 1.60. The van der Waals surface area contributed by atoms with Crippen molar-refractivity contribution < 1.29 is 19.1 Å². The molecule has 8 heteroatoms. The van der Waals surface area contributed by atoms with Crippen LogP contribution in [0.4, 0.5) is 5.69 Å². The summed E-state index contributed by atoms with van der Waals surface area (Å²) in [6.45, 7) is 3.09. The van der Waals surface area contributed by atoms with E-state index in [0.717, 1.165) is 17.7 Å². The summed E-state index contributed by atoms with van der Waals surface area (Å²) in [7, 11) is 0. The number of piperidine rings is 1. The molecule has 0 spiro atoms. The fourth-order valence-corrected chi connectivity index (χ4v) is 4.45. The summed E-state index contributed by atoms with van der Waals surface area (Å²) in [4.78, 5) is 39.5. The molecule has 0 saturated carbocycles. The molecule has 0 radical (unpaired) electrons. The van der Waals surface area contributed by atoms with Crippen LogP contribution in [-0.2, 0) is 19.1 Å². The van der Waals surface area contributed by atoms with Crippen molar-refractivity contribution in [3.63, 3.8) is 0 Å². The van der Waals surface area contributed by atoms with Crippen molar-refractivity contribution in [3.05, 3.63) is 23.2 Å². The molecule has 1 aromatic rings. The lowest BCUT2D eigenvalue weighted by Crippen LogP contribution is -2.44. The lowest BCUT2D eigenvalue weighted by molar-refractivity contribution is -0.151. The number of ether oxygens (including phenoxy) is 1. The van der Waals surface area contributed by atoms with Crippen LogP contribution in [-0.4, -0.2) is 47.6 Å². The second kappa shape index (κ2) is 8.31. The highest BCUT2D eigenvalue weighted by Crippen LogP contribution is 2.38. The first-order valence-electron chi connectivity index (χ1n) is 8.69. The van der Waals surface area contributed by atoms with Gasteiger partial charge in [0.25, 0.3) is 0 Å². The van der Waals surface area contributed by atoms with E-state index in [1.807, 2.05) is 6.07 Å². The highest BCUT2D eigenvalue weighted by Gasteiger charge is 2.34. The van der Waals surface area contributed by atoms with E-state index in [4.69, 9.17) is 16.3 Å². The third-order valence-corrected chi connectivity index (χ3v) is 6.03. The Morgan fingerprint density at radius 1 is 1.42 bits per heavy atom. The maximum atomic E-state index is 12.7. The van der Waals surface area contributed by atoms with Gasteiger partial charge in [0.2, 0.25) is 11.8 Å². The number of carbonyl (C=O) groups is 3. The van der Waals surface area contributed by atoms with E-state index in [9.17, 15) is 14.4 Å². The Kier molecular flexibility index (Phi) is 6.09. The Morgan fingerprint density at radius 3 is 3.00 bits per heavy atom. The first-order valence-corrected chi connectivity index (χ1v) is 9.95. The molecule has 1 saturated heterocycles. The molecule has 0 bridgehead atoms. The number of carbonyl (C=O) groups excluding carboxylic acids is 3. The molecule has 140 valence electrons. The molecule has 0 unspecified atom stereocenters. The van der Waals surface area contributed by atoms with Crippen molar-refractivity contribution in [1.29, 1.82) is 0 Å². The summed E-state index contributed by atoms with van der Waals surface area (Å²) in [5, 5.41) is 2.88. The number of anilines is 1. The second-order valence-electron chi connectivity index (χ2n) is 6.37. The van der Waals surface area contributed by atoms with Gasteiger partial charge in [-0.3, -0.25) is 14.4 Å². The quantitative estimate of drug-likeness (QED) is 0.792. The number of esters is 1. The normalized spacial score (nSPS) is 22.4. The minimum atomic E-state index is -0.487. The van der Waals surface area contributed by atoms with E-state index in [1.54, 1.807) is 24.0 Å². The maximum absolute atomic E-state index is 12.7. The first-order chi connectivity index (χ1) is 12.5. The van der Waals surface area contributed by atoms with Crippen molar-refractivity contribution in [3.8, 4) is 0 Å². The van der Waals surface area contributed by atoms with Crippen LogP contribution < -0.4 is 5.32 Å². The van der Waals surface area contributed by atoms with Crippen LogP contribution in [0.5, 0.6) is 0 Å². The molecule has 6 nitrogen and oxygen atoms in total.